The van der Waals surface area contributed by atoms with Gasteiger partial charge in [-0.05, 0) is 29.7 Å². The Morgan fingerprint density at radius 1 is 0.923 bits per heavy atom. The van der Waals surface area contributed by atoms with E-state index < -0.39 is 0 Å². The van der Waals surface area contributed by atoms with Crippen molar-refractivity contribution in [1.82, 2.24) is 10.4 Å². The summed E-state index contributed by atoms with van der Waals surface area (Å²) in [6.45, 7) is 4.13. The van der Waals surface area contributed by atoms with Gasteiger partial charge < -0.3 is 0 Å². The summed E-state index contributed by atoms with van der Waals surface area (Å²) in [6, 6.07) is 23.3. The minimum atomic E-state index is 0.167. The summed E-state index contributed by atoms with van der Waals surface area (Å²) in [7, 11) is 0. The molecule has 0 fully saturated rings. The number of nitrogens with zero attached hydrogens (tertiary/aromatic N) is 2. The maximum Gasteiger partial charge on any atom is 0.0770 e. The summed E-state index contributed by atoms with van der Waals surface area (Å²) in [6.07, 6.45) is 2.83. The lowest BCUT2D eigenvalue weighted by Gasteiger charge is -2.37. The monoisotopic (exact) mass is 337 g/mol. The van der Waals surface area contributed by atoms with Crippen molar-refractivity contribution < 1.29 is 0 Å². The SMILES string of the molecule is C=C1NN=C2c3c(cccc31)CC(c1ccccn1)C2c1ccccc1. The van der Waals surface area contributed by atoms with Crippen molar-refractivity contribution >= 4 is 11.4 Å². The van der Waals surface area contributed by atoms with Crippen LogP contribution in [-0.2, 0) is 6.42 Å². The zero-order valence-corrected chi connectivity index (χ0v) is 14.4. The molecule has 0 bridgehead atoms. The highest BCUT2D eigenvalue weighted by atomic mass is 15.3. The zero-order valence-electron chi connectivity index (χ0n) is 14.4. The second kappa shape index (κ2) is 5.95. The Labute approximate surface area is 153 Å². The van der Waals surface area contributed by atoms with Crippen molar-refractivity contribution in [3.8, 4) is 0 Å². The number of benzene rings is 2. The fraction of sp³-hybridized carbons (Fsp3) is 0.130. The molecule has 3 aromatic rings. The van der Waals surface area contributed by atoms with Crippen LogP contribution in [0.5, 0.6) is 0 Å². The van der Waals surface area contributed by atoms with Crippen molar-refractivity contribution in [1.29, 1.82) is 0 Å². The molecule has 0 amide bonds. The normalized spacial score (nSPS) is 20.8. The van der Waals surface area contributed by atoms with Gasteiger partial charge in [0.2, 0.25) is 0 Å². The van der Waals surface area contributed by atoms with E-state index in [1.807, 2.05) is 12.3 Å². The lowest BCUT2D eigenvalue weighted by Crippen LogP contribution is -2.34. The molecular weight excluding hydrogens is 318 g/mol. The summed E-state index contributed by atoms with van der Waals surface area (Å²) in [5.41, 5.74) is 11.2. The van der Waals surface area contributed by atoms with Crippen molar-refractivity contribution in [2.24, 2.45) is 5.10 Å². The predicted octanol–water partition coefficient (Wildman–Crippen LogP) is 4.48. The lowest BCUT2D eigenvalue weighted by atomic mass is 9.68. The molecule has 26 heavy (non-hydrogen) atoms. The number of hydrazone groups is 1. The van der Waals surface area contributed by atoms with Crippen molar-refractivity contribution in [2.45, 2.75) is 18.3 Å². The van der Waals surface area contributed by atoms with Gasteiger partial charge in [-0.1, -0.05) is 61.2 Å². The van der Waals surface area contributed by atoms with E-state index in [2.05, 4.69) is 77.7 Å². The van der Waals surface area contributed by atoms with Gasteiger partial charge in [-0.2, -0.15) is 5.10 Å². The van der Waals surface area contributed by atoms with Crippen LogP contribution in [0.25, 0.3) is 5.70 Å². The van der Waals surface area contributed by atoms with Gasteiger partial charge in [-0.15, -0.1) is 0 Å². The van der Waals surface area contributed by atoms with Gasteiger partial charge in [0.05, 0.1) is 11.4 Å². The van der Waals surface area contributed by atoms with Gasteiger partial charge in [-0.3, -0.25) is 10.4 Å². The van der Waals surface area contributed by atoms with Crippen LogP contribution >= 0.6 is 0 Å². The molecule has 2 heterocycles. The van der Waals surface area contributed by atoms with Crippen LogP contribution in [0.15, 0.2) is 84.6 Å². The molecule has 2 atom stereocenters. The molecule has 5 rings (SSSR count). The van der Waals surface area contributed by atoms with E-state index in [4.69, 9.17) is 5.10 Å². The summed E-state index contributed by atoms with van der Waals surface area (Å²) in [5, 5.41) is 4.76. The minimum Gasteiger partial charge on any atom is -0.278 e. The van der Waals surface area contributed by atoms with E-state index in [0.717, 1.165) is 29.1 Å². The topological polar surface area (TPSA) is 37.3 Å². The number of nitrogens with one attached hydrogen (secondary N) is 1. The smallest absolute Gasteiger partial charge is 0.0770 e. The summed E-state index contributed by atoms with van der Waals surface area (Å²) in [5.74, 6) is 0.425. The Morgan fingerprint density at radius 2 is 1.77 bits per heavy atom. The van der Waals surface area contributed by atoms with E-state index in [-0.39, 0.29) is 11.8 Å². The van der Waals surface area contributed by atoms with Crippen LogP contribution in [-0.4, -0.2) is 10.7 Å². The molecule has 126 valence electrons. The van der Waals surface area contributed by atoms with Crippen molar-refractivity contribution in [2.75, 3.05) is 0 Å². The average molecular weight is 337 g/mol. The Bertz CT molecular complexity index is 1010. The van der Waals surface area contributed by atoms with Gasteiger partial charge in [0.15, 0.2) is 0 Å². The average Bonchev–Trinajstić information content (AvgIpc) is 2.71. The van der Waals surface area contributed by atoms with Gasteiger partial charge in [0.1, 0.15) is 0 Å². The van der Waals surface area contributed by atoms with Gasteiger partial charge in [0, 0.05) is 34.9 Å². The first-order valence-corrected chi connectivity index (χ1v) is 8.94. The van der Waals surface area contributed by atoms with Crippen LogP contribution in [0.4, 0.5) is 0 Å². The molecule has 1 aromatic heterocycles. The maximum atomic E-state index is 4.76. The minimum absolute atomic E-state index is 0.167. The molecule has 0 saturated heterocycles. The molecule has 2 unspecified atom stereocenters. The van der Waals surface area contributed by atoms with E-state index in [9.17, 15) is 0 Å². The summed E-state index contributed by atoms with van der Waals surface area (Å²) < 4.78 is 0. The van der Waals surface area contributed by atoms with E-state index >= 15 is 0 Å². The van der Waals surface area contributed by atoms with E-state index in [0.29, 0.717) is 0 Å². The van der Waals surface area contributed by atoms with Gasteiger partial charge in [0.25, 0.3) is 0 Å². The van der Waals surface area contributed by atoms with Crippen LogP contribution in [0.1, 0.15) is 39.8 Å². The van der Waals surface area contributed by atoms with Crippen molar-refractivity contribution in [3.05, 3.63) is 107 Å². The largest absolute Gasteiger partial charge is 0.278 e. The first-order chi connectivity index (χ1) is 12.8. The summed E-state index contributed by atoms with van der Waals surface area (Å²) in [4.78, 5) is 4.68. The summed E-state index contributed by atoms with van der Waals surface area (Å²) >= 11 is 0. The first-order valence-electron chi connectivity index (χ1n) is 8.94. The molecule has 0 radical (unpaired) electrons. The van der Waals surface area contributed by atoms with Crippen LogP contribution in [0.3, 0.4) is 0 Å². The number of aromatic nitrogens is 1. The van der Waals surface area contributed by atoms with Gasteiger partial charge >= 0.3 is 0 Å². The Kier molecular flexibility index (Phi) is 3.45. The molecule has 0 spiro atoms. The Morgan fingerprint density at radius 3 is 2.58 bits per heavy atom. The van der Waals surface area contributed by atoms with Crippen LogP contribution < -0.4 is 5.43 Å². The maximum absolute atomic E-state index is 4.76. The Balaban J connectivity index is 1.75. The molecule has 1 aliphatic heterocycles. The zero-order chi connectivity index (χ0) is 17.5. The fourth-order valence-corrected chi connectivity index (χ4v) is 4.26. The third-order valence-electron chi connectivity index (χ3n) is 5.41. The van der Waals surface area contributed by atoms with E-state index in [1.165, 1.54) is 16.7 Å². The van der Waals surface area contributed by atoms with Gasteiger partial charge in [-0.25, -0.2) is 0 Å². The third-order valence-corrected chi connectivity index (χ3v) is 5.41. The molecule has 0 saturated carbocycles. The van der Waals surface area contributed by atoms with Crippen LogP contribution in [0.2, 0.25) is 0 Å². The standard InChI is InChI=1S/C23H19N3/c1-15-18-11-7-10-17-14-19(20-12-5-6-13-24-20)21(16-8-3-2-4-9-16)23(22(17)18)26-25-15/h2-13,19,21,25H,1,14H2. The van der Waals surface area contributed by atoms with Crippen molar-refractivity contribution in [3.63, 3.8) is 0 Å². The quantitative estimate of drug-likeness (QED) is 0.748. The first kappa shape index (κ1) is 15.1. The fourth-order valence-electron chi connectivity index (χ4n) is 4.26. The number of pyridine rings is 1. The highest BCUT2D eigenvalue weighted by Gasteiger charge is 2.39. The molecule has 3 nitrogen and oxygen atoms in total. The molecule has 3 heteroatoms. The molecule has 1 aliphatic carbocycles. The second-order valence-corrected chi connectivity index (χ2v) is 6.88. The highest BCUT2D eigenvalue weighted by molar-refractivity contribution is 6.12. The molecular formula is C23H19N3. The molecule has 2 aliphatic rings. The molecule has 1 N–H and O–H groups in total. The number of hydrogen-bond acceptors (Lipinski definition) is 3. The number of rotatable bonds is 2. The third kappa shape index (κ3) is 2.28. The molecule has 2 aromatic carbocycles. The predicted molar refractivity (Wildman–Crippen MR) is 105 cm³/mol. The van der Waals surface area contributed by atoms with Crippen LogP contribution in [0, 0.1) is 0 Å². The Hall–Kier alpha value is -3.20. The highest BCUT2D eigenvalue weighted by Crippen LogP contribution is 2.45. The number of hydrogen-bond donors (Lipinski definition) is 1. The second-order valence-electron chi connectivity index (χ2n) is 6.88. The van der Waals surface area contributed by atoms with E-state index in [1.54, 1.807) is 0 Å². The lowest BCUT2D eigenvalue weighted by molar-refractivity contribution is 0.600.